The number of nitrogens with one attached hydrogen (secondary N) is 1. The number of hydrogen-bond donors (Lipinski definition) is 1. The van der Waals surface area contributed by atoms with Gasteiger partial charge in [-0.25, -0.2) is 0 Å². The van der Waals surface area contributed by atoms with Crippen molar-refractivity contribution >= 4 is 11.6 Å². The molecule has 0 aliphatic heterocycles. The SMILES string of the molecule is CCNCc1noc(-c2cc(Cl)ccc2OC)n1. The maximum absolute atomic E-state index is 5.96. The van der Waals surface area contributed by atoms with Crippen molar-refractivity contribution in [2.45, 2.75) is 13.5 Å². The van der Waals surface area contributed by atoms with E-state index in [4.69, 9.17) is 20.9 Å². The van der Waals surface area contributed by atoms with Crippen molar-refractivity contribution in [2.75, 3.05) is 13.7 Å². The standard InChI is InChI=1S/C12H14ClN3O2/c1-3-14-7-11-15-12(18-16-11)9-6-8(13)4-5-10(9)17-2/h4-6,14H,3,7H2,1-2H3. The Kier molecular flexibility index (Phi) is 4.17. The quantitative estimate of drug-likeness (QED) is 0.902. The molecule has 1 N–H and O–H groups in total. The van der Waals surface area contributed by atoms with Gasteiger partial charge in [0.05, 0.1) is 19.2 Å². The molecule has 0 spiro atoms. The van der Waals surface area contributed by atoms with Crippen molar-refractivity contribution in [1.82, 2.24) is 15.5 Å². The summed E-state index contributed by atoms with van der Waals surface area (Å²) >= 11 is 5.96. The summed E-state index contributed by atoms with van der Waals surface area (Å²) in [6.07, 6.45) is 0. The summed E-state index contributed by atoms with van der Waals surface area (Å²) in [4.78, 5) is 4.29. The molecule has 96 valence electrons. The smallest absolute Gasteiger partial charge is 0.261 e. The lowest BCUT2D eigenvalue weighted by atomic mass is 10.2. The molecule has 0 saturated carbocycles. The molecule has 1 heterocycles. The predicted octanol–water partition coefficient (Wildman–Crippen LogP) is 2.51. The molecule has 0 amide bonds. The van der Waals surface area contributed by atoms with Crippen molar-refractivity contribution in [3.05, 3.63) is 29.0 Å². The van der Waals surface area contributed by atoms with Gasteiger partial charge in [-0.1, -0.05) is 23.7 Å². The van der Waals surface area contributed by atoms with E-state index in [0.29, 0.717) is 34.6 Å². The molecule has 1 aromatic heterocycles. The zero-order valence-corrected chi connectivity index (χ0v) is 11.0. The molecule has 1 aromatic carbocycles. The Labute approximate surface area is 110 Å². The lowest BCUT2D eigenvalue weighted by molar-refractivity contribution is 0.402. The molecule has 2 rings (SSSR count). The minimum atomic E-state index is 0.405. The number of halogens is 1. The lowest BCUT2D eigenvalue weighted by Crippen LogP contribution is -2.12. The maximum atomic E-state index is 5.96. The van der Waals surface area contributed by atoms with Crippen molar-refractivity contribution < 1.29 is 9.26 Å². The fraction of sp³-hybridized carbons (Fsp3) is 0.333. The van der Waals surface area contributed by atoms with Gasteiger partial charge >= 0.3 is 0 Å². The van der Waals surface area contributed by atoms with E-state index in [2.05, 4.69) is 15.5 Å². The lowest BCUT2D eigenvalue weighted by Gasteiger charge is -2.04. The Balaban J connectivity index is 2.30. The molecule has 5 nitrogen and oxygen atoms in total. The van der Waals surface area contributed by atoms with Gasteiger partial charge in [-0.3, -0.25) is 0 Å². The average Bonchev–Trinajstić information content (AvgIpc) is 2.85. The highest BCUT2D eigenvalue weighted by molar-refractivity contribution is 6.30. The average molecular weight is 268 g/mol. The summed E-state index contributed by atoms with van der Waals surface area (Å²) < 4.78 is 10.4. The summed E-state index contributed by atoms with van der Waals surface area (Å²) in [7, 11) is 1.59. The van der Waals surface area contributed by atoms with Crippen LogP contribution in [0.2, 0.25) is 5.02 Å². The van der Waals surface area contributed by atoms with Gasteiger partial charge in [0.15, 0.2) is 5.82 Å². The Hall–Kier alpha value is -1.59. The summed E-state index contributed by atoms with van der Waals surface area (Å²) in [5, 5.41) is 7.61. The molecular formula is C12H14ClN3O2. The normalized spacial score (nSPS) is 10.6. The van der Waals surface area contributed by atoms with Gasteiger partial charge in [0.1, 0.15) is 5.75 Å². The van der Waals surface area contributed by atoms with Crippen molar-refractivity contribution in [1.29, 1.82) is 0 Å². The zero-order chi connectivity index (χ0) is 13.0. The third-order valence-electron chi connectivity index (χ3n) is 2.39. The van der Waals surface area contributed by atoms with Crippen LogP contribution >= 0.6 is 11.6 Å². The Bertz CT molecular complexity index is 528. The zero-order valence-electron chi connectivity index (χ0n) is 10.2. The Morgan fingerprint density at radius 3 is 3.00 bits per heavy atom. The van der Waals surface area contributed by atoms with E-state index in [9.17, 15) is 0 Å². The third-order valence-corrected chi connectivity index (χ3v) is 2.63. The van der Waals surface area contributed by atoms with E-state index in [-0.39, 0.29) is 0 Å². The first-order chi connectivity index (χ1) is 8.74. The number of nitrogens with zero attached hydrogens (tertiary/aromatic N) is 2. The van der Waals surface area contributed by atoms with Gasteiger partial charge in [0.25, 0.3) is 5.89 Å². The number of aromatic nitrogens is 2. The van der Waals surface area contributed by atoms with Gasteiger partial charge in [-0.05, 0) is 24.7 Å². The van der Waals surface area contributed by atoms with Crippen molar-refractivity contribution in [2.24, 2.45) is 0 Å². The summed E-state index contributed by atoms with van der Waals surface area (Å²) in [5.74, 6) is 1.66. The summed E-state index contributed by atoms with van der Waals surface area (Å²) in [6.45, 7) is 3.44. The second kappa shape index (κ2) is 5.84. The molecule has 0 bridgehead atoms. The molecule has 0 aliphatic carbocycles. The molecule has 2 aromatic rings. The van der Waals surface area contributed by atoms with Crippen LogP contribution in [0.15, 0.2) is 22.7 Å². The van der Waals surface area contributed by atoms with Crippen LogP contribution in [0, 0.1) is 0 Å². The molecular weight excluding hydrogens is 254 g/mol. The first-order valence-corrected chi connectivity index (χ1v) is 5.99. The highest BCUT2D eigenvalue weighted by Crippen LogP contribution is 2.31. The molecule has 6 heteroatoms. The highest BCUT2D eigenvalue weighted by Gasteiger charge is 2.14. The van der Waals surface area contributed by atoms with Crippen LogP contribution in [0.1, 0.15) is 12.7 Å². The molecule has 0 unspecified atom stereocenters. The molecule has 0 fully saturated rings. The van der Waals surface area contributed by atoms with E-state index >= 15 is 0 Å². The van der Waals surface area contributed by atoms with Crippen LogP contribution < -0.4 is 10.1 Å². The van der Waals surface area contributed by atoms with Crippen LogP contribution in [0.5, 0.6) is 5.75 Å². The van der Waals surface area contributed by atoms with Gasteiger partial charge in [-0.2, -0.15) is 4.98 Å². The van der Waals surface area contributed by atoms with Gasteiger partial charge in [0.2, 0.25) is 0 Å². The van der Waals surface area contributed by atoms with Crippen molar-refractivity contribution in [3.8, 4) is 17.2 Å². The van der Waals surface area contributed by atoms with Gasteiger partial charge in [-0.15, -0.1) is 0 Å². The predicted molar refractivity (Wildman–Crippen MR) is 68.7 cm³/mol. The first kappa shape index (κ1) is 12.9. The van der Waals surface area contributed by atoms with Crippen molar-refractivity contribution in [3.63, 3.8) is 0 Å². The number of benzene rings is 1. The minimum absolute atomic E-state index is 0.405. The number of hydrogen-bond acceptors (Lipinski definition) is 5. The Morgan fingerprint density at radius 2 is 2.28 bits per heavy atom. The highest BCUT2D eigenvalue weighted by atomic mass is 35.5. The van der Waals surface area contributed by atoms with Crippen LogP contribution in [0.3, 0.4) is 0 Å². The van der Waals surface area contributed by atoms with E-state index in [1.54, 1.807) is 25.3 Å². The summed E-state index contributed by atoms with van der Waals surface area (Å²) in [6, 6.07) is 5.26. The molecule has 0 saturated heterocycles. The van der Waals surface area contributed by atoms with Crippen LogP contribution in [0.25, 0.3) is 11.5 Å². The third kappa shape index (κ3) is 2.80. The topological polar surface area (TPSA) is 60.2 Å². The van der Waals surface area contributed by atoms with Crippen LogP contribution in [-0.2, 0) is 6.54 Å². The van der Waals surface area contributed by atoms with E-state index < -0.39 is 0 Å². The first-order valence-electron chi connectivity index (χ1n) is 5.61. The monoisotopic (exact) mass is 267 g/mol. The van der Waals surface area contributed by atoms with Gasteiger partial charge in [0, 0.05) is 5.02 Å². The molecule has 0 atom stereocenters. The van der Waals surface area contributed by atoms with E-state index in [1.807, 2.05) is 6.92 Å². The van der Waals surface area contributed by atoms with E-state index in [0.717, 1.165) is 6.54 Å². The molecule has 18 heavy (non-hydrogen) atoms. The maximum Gasteiger partial charge on any atom is 0.261 e. The number of rotatable bonds is 5. The van der Waals surface area contributed by atoms with Gasteiger partial charge < -0.3 is 14.6 Å². The van der Waals surface area contributed by atoms with Crippen LogP contribution in [0.4, 0.5) is 0 Å². The minimum Gasteiger partial charge on any atom is -0.496 e. The van der Waals surface area contributed by atoms with E-state index in [1.165, 1.54) is 0 Å². The second-order valence-corrected chi connectivity index (χ2v) is 4.08. The largest absolute Gasteiger partial charge is 0.496 e. The fourth-order valence-corrected chi connectivity index (χ4v) is 1.69. The van der Waals surface area contributed by atoms with Crippen LogP contribution in [-0.4, -0.2) is 23.8 Å². The second-order valence-electron chi connectivity index (χ2n) is 3.64. The Morgan fingerprint density at radius 1 is 1.44 bits per heavy atom. The number of methoxy groups -OCH3 is 1. The summed E-state index contributed by atoms with van der Waals surface area (Å²) in [5.41, 5.74) is 0.695. The number of ether oxygens (including phenoxy) is 1. The fourth-order valence-electron chi connectivity index (χ4n) is 1.52. The molecule has 0 radical (unpaired) electrons. The molecule has 0 aliphatic rings.